The van der Waals surface area contributed by atoms with Crippen LogP contribution in [-0.2, 0) is 9.53 Å². The van der Waals surface area contributed by atoms with Crippen molar-refractivity contribution >= 4 is 28.6 Å². The normalized spacial score (nSPS) is 15.7. The third-order valence-corrected chi connectivity index (χ3v) is 4.28. The molecule has 26 heavy (non-hydrogen) atoms. The van der Waals surface area contributed by atoms with Crippen LogP contribution in [0.2, 0.25) is 0 Å². The zero-order valence-corrected chi connectivity index (χ0v) is 14.6. The monoisotopic (exact) mass is 351 g/mol. The van der Waals surface area contributed by atoms with E-state index in [0.717, 1.165) is 0 Å². The van der Waals surface area contributed by atoms with Crippen LogP contribution in [0, 0.1) is 10.1 Å². The van der Waals surface area contributed by atoms with Gasteiger partial charge in [-0.2, -0.15) is 0 Å². The maximum absolute atomic E-state index is 12.8. The van der Waals surface area contributed by atoms with E-state index in [2.05, 4.69) is 0 Å². The Morgan fingerprint density at radius 1 is 1.00 bits per heavy atom. The number of rotatable bonds is 4. The van der Waals surface area contributed by atoms with Gasteiger partial charge in [0.1, 0.15) is 5.76 Å². The van der Waals surface area contributed by atoms with Crippen molar-refractivity contribution in [3.05, 3.63) is 75.3 Å². The van der Waals surface area contributed by atoms with Crippen molar-refractivity contribution in [2.45, 2.75) is 26.4 Å². The number of carbonyl (C=O) groups excluding carboxylic acids is 2. The molecule has 0 atom stereocenters. The van der Waals surface area contributed by atoms with Gasteiger partial charge in [-0.25, -0.2) is 0 Å². The first-order valence-electron chi connectivity index (χ1n) is 8.05. The summed E-state index contributed by atoms with van der Waals surface area (Å²) in [6.45, 7) is 4.84. The van der Waals surface area contributed by atoms with Gasteiger partial charge in [0, 0.05) is 23.3 Å². The summed E-state index contributed by atoms with van der Waals surface area (Å²) in [4.78, 5) is 34.6. The summed E-state index contributed by atoms with van der Waals surface area (Å²) in [5.41, 5.74) is 1.08. The molecule has 0 aliphatic carbocycles. The van der Waals surface area contributed by atoms with E-state index >= 15 is 0 Å². The molecule has 0 fully saturated rings. The van der Waals surface area contributed by atoms with Crippen LogP contribution in [0.15, 0.2) is 48.5 Å². The van der Waals surface area contributed by atoms with Gasteiger partial charge in [-0.05, 0) is 38.5 Å². The minimum Gasteiger partial charge on any atom is -0.478 e. The average Bonchev–Trinajstić information content (AvgIpc) is 2.85. The SMILES string of the molecule is CC(=O)c1ccc(C2=C(c3ccc([N+](=O)[O-])cc3)C(=O)C(C)(C)O2)cc1. The van der Waals surface area contributed by atoms with Crippen molar-refractivity contribution in [3.8, 4) is 0 Å². The lowest BCUT2D eigenvalue weighted by molar-refractivity contribution is -0.384. The summed E-state index contributed by atoms with van der Waals surface area (Å²) in [6, 6.07) is 12.6. The van der Waals surface area contributed by atoms with Gasteiger partial charge in [-0.1, -0.05) is 24.3 Å². The molecule has 0 bridgehead atoms. The molecule has 0 unspecified atom stereocenters. The fourth-order valence-corrected chi connectivity index (χ4v) is 2.83. The fraction of sp³-hybridized carbons (Fsp3) is 0.200. The maximum atomic E-state index is 12.8. The number of benzene rings is 2. The van der Waals surface area contributed by atoms with Gasteiger partial charge in [0.05, 0.1) is 10.5 Å². The maximum Gasteiger partial charge on any atom is 0.269 e. The van der Waals surface area contributed by atoms with Crippen LogP contribution in [0.1, 0.15) is 42.3 Å². The summed E-state index contributed by atoms with van der Waals surface area (Å²) in [5.74, 6) is 0.158. The van der Waals surface area contributed by atoms with E-state index < -0.39 is 10.5 Å². The number of hydrogen-bond donors (Lipinski definition) is 0. The predicted molar refractivity (Wildman–Crippen MR) is 96.5 cm³/mol. The van der Waals surface area contributed by atoms with Crippen molar-refractivity contribution in [1.29, 1.82) is 0 Å². The number of ether oxygens (including phenoxy) is 1. The van der Waals surface area contributed by atoms with Gasteiger partial charge in [-0.3, -0.25) is 19.7 Å². The number of ketones is 2. The third kappa shape index (κ3) is 3.01. The first-order chi connectivity index (χ1) is 12.2. The molecule has 0 amide bonds. The third-order valence-electron chi connectivity index (χ3n) is 4.28. The van der Waals surface area contributed by atoms with E-state index in [9.17, 15) is 19.7 Å². The van der Waals surface area contributed by atoms with Crippen LogP contribution in [-0.4, -0.2) is 22.1 Å². The molecule has 3 rings (SSSR count). The molecule has 6 heteroatoms. The van der Waals surface area contributed by atoms with E-state index in [-0.39, 0.29) is 17.3 Å². The minimum atomic E-state index is -1.04. The van der Waals surface area contributed by atoms with Crippen LogP contribution >= 0.6 is 0 Å². The summed E-state index contributed by atoms with van der Waals surface area (Å²) < 4.78 is 5.90. The Balaban J connectivity index is 2.12. The molecule has 0 N–H and O–H groups in total. The van der Waals surface area contributed by atoms with Crippen LogP contribution in [0.4, 0.5) is 5.69 Å². The molecular weight excluding hydrogens is 334 g/mol. The largest absolute Gasteiger partial charge is 0.478 e. The first kappa shape index (κ1) is 17.5. The second-order valence-electron chi connectivity index (χ2n) is 6.58. The molecule has 6 nitrogen and oxygen atoms in total. The van der Waals surface area contributed by atoms with E-state index in [0.29, 0.717) is 28.0 Å². The second kappa shape index (κ2) is 6.22. The highest BCUT2D eigenvalue weighted by molar-refractivity contribution is 6.32. The van der Waals surface area contributed by atoms with Crippen molar-refractivity contribution in [2.75, 3.05) is 0 Å². The summed E-state index contributed by atoms with van der Waals surface area (Å²) >= 11 is 0. The molecular formula is C20H17NO5. The van der Waals surface area contributed by atoms with E-state index in [1.165, 1.54) is 19.1 Å². The van der Waals surface area contributed by atoms with Crippen LogP contribution in [0.5, 0.6) is 0 Å². The number of nitro benzene ring substituents is 1. The van der Waals surface area contributed by atoms with Crippen LogP contribution in [0.3, 0.4) is 0 Å². The Kier molecular flexibility index (Phi) is 4.20. The highest BCUT2D eigenvalue weighted by Gasteiger charge is 2.42. The molecule has 0 aromatic heterocycles. The van der Waals surface area contributed by atoms with Gasteiger partial charge >= 0.3 is 0 Å². The predicted octanol–water partition coefficient (Wildman–Crippen LogP) is 4.04. The lowest BCUT2D eigenvalue weighted by Crippen LogP contribution is -2.29. The van der Waals surface area contributed by atoms with Gasteiger partial charge in [0.25, 0.3) is 5.69 Å². The Morgan fingerprint density at radius 3 is 2.04 bits per heavy atom. The molecule has 1 heterocycles. The topological polar surface area (TPSA) is 86.5 Å². The molecule has 0 saturated carbocycles. The van der Waals surface area contributed by atoms with Crippen molar-refractivity contribution in [1.82, 2.24) is 0 Å². The molecule has 0 radical (unpaired) electrons. The Morgan fingerprint density at radius 2 is 1.54 bits per heavy atom. The Hall–Kier alpha value is -3.28. The first-order valence-corrected chi connectivity index (χ1v) is 8.05. The fourth-order valence-electron chi connectivity index (χ4n) is 2.83. The number of nitrogens with zero attached hydrogens (tertiary/aromatic N) is 1. The Labute approximate surface area is 150 Å². The summed E-state index contributed by atoms with van der Waals surface area (Å²) in [7, 11) is 0. The molecule has 0 spiro atoms. The van der Waals surface area contributed by atoms with Crippen molar-refractivity contribution < 1.29 is 19.2 Å². The number of Topliss-reactive ketones (excluding diaryl/α,β-unsaturated/α-hetero) is 2. The molecule has 1 aliphatic rings. The molecule has 2 aromatic rings. The quantitative estimate of drug-likeness (QED) is 0.471. The van der Waals surface area contributed by atoms with E-state index in [1.807, 2.05) is 0 Å². The van der Waals surface area contributed by atoms with Crippen LogP contribution in [0.25, 0.3) is 11.3 Å². The number of non-ortho nitro benzene ring substituents is 1. The number of hydrogen-bond acceptors (Lipinski definition) is 5. The van der Waals surface area contributed by atoms with Gasteiger partial charge in [0.15, 0.2) is 11.4 Å². The van der Waals surface area contributed by atoms with Gasteiger partial charge in [-0.15, -0.1) is 0 Å². The lowest BCUT2D eigenvalue weighted by atomic mass is 9.92. The lowest BCUT2D eigenvalue weighted by Gasteiger charge is -2.17. The molecule has 2 aromatic carbocycles. The number of nitro groups is 1. The standard InChI is InChI=1S/C20H17NO5/c1-12(22)13-4-6-15(7-5-13)18-17(19(23)20(2,3)26-18)14-8-10-16(11-9-14)21(24)25/h4-11H,1-3H3. The minimum absolute atomic E-state index is 0.0488. The van der Waals surface area contributed by atoms with Crippen LogP contribution < -0.4 is 0 Å². The van der Waals surface area contributed by atoms with E-state index in [1.54, 1.807) is 50.2 Å². The highest BCUT2D eigenvalue weighted by Crippen LogP contribution is 2.41. The van der Waals surface area contributed by atoms with Gasteiger partial charge in [0.2, 0.25) is 5.78 Å². The second-order valence-corrected chi connectivity index (χ2v) is 6.58. The Bertz CT molecular complexity index is 937. The molecule has 132 valence electrons. The summed E-state index contributed by atoms with van der Waals surface area (Å²) in [5, 5.41) is 10.8. The van der Waals surface area contributed by atoms with Crippen molar-refractivity contribution in [3.63, 3.8) is 0 Å². The van der Waals surface area contributed by atoms with Gasteiger partial charge < -0.3 is 4.74 Å². The zero-order valence-electron chi connectivity index (χ0n) is 14.6. The zero-order chi connectivity index (χ0) is 19.1. The number of carbonyl (C=O) groups is 2. The van der Waals surface area contributed by atoms with Crippen molar-refractivity contribution in [2.24, 2.45) is 0 Å². The van der Waals surface area contributed by atoms with E-state index in [4.69, 9.17) is 4.74 Å². The highest BCUT2D eigenvalue weighted by atomic mass is 16.6. The average molecular weight is 351 g/mol. The molecule has 0 saturated heterocycles. The summed E-state index contributed by atoms with van der Waals surface area (Å²) in [6.07, 6.45) is 0. The molecule has 1 aliphatic heterocycles. The smallest absolute Gasteiger partial charge is 0.269 e.